The molecule has 2 fully saturated rings. The van der Waals surface area contributed by atoms with E-state index in [1.54, 1.807) is 9.80 Å². The molecule has 2 rings (SSSR count). The third kappa shape index (κ3) is 3.27. The highest BCUT2D eigenvalue weighted by Crippen LogP contribution is 2.13. The molecule has 19 heavy (non-hydrogen) atoms. The third-order valence-corrected chi connectivity index (χ3v) is 3.36. The van der Waals surface area contributed by atoms with Gasteiger partial charge in [-0.2, -0.15) is 0 Å². The van der Waals surface area contributed by atoms with Crippen molar-refractivity contribution in [1.29, 1.82) is 0 Å². The molecule has 0 radical (unpaired) electrons. The summed E-state index contributed by atoms with van der Waals surface area (Å²) in [4.78, 5) is 37.0. The number of hydrogen-bond acceptors (Lipinski definition) is 3. The van der Waals surface area contributed by atoms with Crippen LogP contribution in [0.2, 0.25) is 0 Å². The fraction of sp³-hybridized carbons (Fsp3) is 0.727. The minimum atomic E-state index is -0.863. The maximum Gasteiger partial charge on any atom is 0.317 e. The number of amides is 4. The number of nitrogens with zero attached hydrogens (tertiary/aromatic N) is 2. The van der Waals surface area contributed by atoms with Gasteiger partial charge in [0, 0.05) is 39.1 Å². The molecule has 106 valence electrons. The van der Waals surface area contributed by atoms with E-state index < -0.39 is 5.97 Å². The second-order valence-corrected chi connectivity index (χ2v) is 4.71. The zero-order valence-electron chi connectivity index (χ0n) is 10.6. The van der Waals surface area contributed by atoms with Crippen molar-refractivity contribution in [3.8, 4) is 0 Å². The minimum absolute atomic E-state index is 0.0472. The van der Waals surface area contributed by atoms with Crippen molar-refractivity contribution in [2.24, 2.45) is 0 Å². The summed E-state index contributed by atoms with van der Waals surface area (Å²) in [6.07, 6.45) is 0.472. The fourth-order valence-electron chi connectivity index (χ4n) is 2.34. The van der Waals surface area contributed by atoms with Crippen molar-refractivity contribution in [3.63, 3.8) is 0 Å². The number of carbonyl (C=O) groups is 3. The van der Waals surface area contributed by atoms with E-state index in [2.05, 4.69) is 10.6 Å². The van der Waals surface area contributed by atoms with Gasteiger partial charge in [-0.15, -0.1) is 0 Å². The number of urea groups is 2. The summed E-state index contributed by atoms with van der Waals surface area (Å²) in [5.74, 6) is -0.863. The monoisotopic (exact) mass is 270 g/mol. The molecule has 2 aliphatic rings. The number of piperazine rings is 1. The second kappa shape index (κ2) is 5.77. The van der Waals surface area contributed by atoms with Crippen molar-refractivity contribution in [3.05, 3.63) is 0 Å². The first kappa shape index (κ1) is 13.4. The van der Waals surface area contributed by atoms with Gasteiger partial charge in [-0.3, -0.25) is 4.79 Å². The first-order valence-corrected chi connectivity index (χ1v) is 6.37. The summed E-state index contributed by atoms with van der Waals surface area (Å²) in [6.45, 7) is 2.49. The van der Waals surface area contributed by atoms with E-state index in [0.717, 1.165) is 0 Å². The van der Waals surface area contributed by atoms with Gasteiger partial charge in [0.15, 0.2) is 0 Å². The van der Waals surface area contributed by atoms with Gasteiger partial charge in [0.25, 0.3) is 0 Å². The number of rotatable bonds is 4. The lowest BCUT2D eigenvalue weighted by atomic mass is 10.2. The van der Waals surface area contributed by atoms with Gasteiger partial charge < -0.3 is 25.5 Å². The van der Waals surface area contributed by atoms with Crippen LogP contribution in [0.3, 0.4) is 0 Å². The number of aliphatic carboxylic acids is 1. The van der Waals surface area contributed by atoms with Crippen LogP contribution in [-0.2, 0) is 4.79 Å². The molecule has 2 saturated heterocycles. The van der Waals surface area contributed by atoms with Crippen LogP contribution >= 0.6 is 0 Å². The molecule has 2 heterocycles. The Labute approximate surface area is 110 Å². The van der Waals surface area contributed by atoms with E-state index in [1.165, 1.54) is 0 Å². The van der Waals surface area contributed by atoms with Gasteiger partial charge in [0.1, 0.15) is 0 Å². The molecule has 0 aromatic heterocycles. The van der Waals surface area contributed by atoms with Crippen molar-refractivity contribution in [2.75, 3.05) is 32.7 Å². The summed E-state index contributed by atoms with van der Waals surface area (Å²) >= 11 is 0. The van der Waals surface area contributed by atoms with Crippen LogP contribution in [-0.4, -0.2) is 71.7 Å². The molecular weight excluding hydrogens is 252 g/mol. The summed E-state index contributed by atoms with van der Waals surface area (Å²) in [5, 5.41) is 13.9. The van der Waals surface area contributed by atoms with Gasteiger partial charge in [0.05, 0.1) is 6.04 Å². The summed E-state index contributed by atoms with van der Waals surface area (Å²) in [6, 6.07) is -0.207. The molecule has 1 atom stereocenters. The van der Waals surface area contributed by atoms with E-state index in [1.807, 2.05) is 0 Å². The van der Waals surface area contributed by atoms with Crippen molar-refractivity contribution in [1.82, 2.24) is 20.4 Å². The third-order valence-electron chi connectivity index (χ3n) is 3.36. The maximum absolute atomic E-state index is 11.9. The number of carboxylic acids is 1. The largest absolute Gasteiger partial charge is 0.481 e. The fourth-order valence-corrected chi connectivity index (χ4v) is 2.34. The molecule has 0 spiro atoms. The van der Waals surface area contributed by atoms with E-state index in [-0.39, 0.29) is 24.5 Å². The molecular formula is C11H18N4O4. The van der Waals surface area contributed by atoms with Gasteiger partial charge in [-0.1, -0.05) is 0 Å². The number of fused-ring (bicyclic) bond motifs is 1. The summed E-state index contributed by atoms with van der Waals surface area (Å²) < 4.78 is 0. The van der Waals surface area contributed by atoms with Crippen molar-refractivity contribution >= 4 is 18.0 Å². The number of carbonyl (C=O) groups excluding carboxylic acids is 2. The van der Waals surface area contributed by atoms with Crippen molar-refractivity contribution in [2.45, 2.75) is 18.9 Å². The Morgan fingerprint density at radius 3 is 2.95 bits per heavy atom. The van der Waals surface area contributed by atoms with Crippen LogP contribution in [0.5, 0.6) is 0 Å². The first-order valence-electron chi connectivity index (χ1n) is 6.37. The van der Waals surface area contributed by atoms with E-state index in [0.29, 0.717) is 39.1 Å². The molecule has 2 aliphatic heterocycles. The average Bonchev–Trinajstić information content (AvgIpc) is 2.75. The Kier molecular flexibility index (Phi) is 4.08. The lowest BCUT2D eigenvalue weighted by Gasteiger charge is -2.36. The van der Waals surface area contributed by atoms with Gasteiger partial charge in [-0.05, 0) is 6.42 Å². The Hall–Kier alpha value is -1.99. The number of hydrogen-bond donors (Lipinski definition) is 3. The molecule has 0 aromatic carbocycles. The quantitative estimate of drug-likeness (QED) is 0.586. The van der Waals surface area contributed by atoms with Gasteiger partial charge in [0.2, 0.25) is 0 Å². The highest BCUT2D eigenvalue weighted by atomic mass is 16.4. The Morgan fingerprint density at radius 1 is 1.42 bits per heavy atom. The topological polar surface area (TPSA) is 102 Å². The first-order chi connectivity index (χ1) is 9.08. The van der Waals surface area contributed by atoms with E-state index >= 15 is 0 Å². The zero-order chi connectivity index (χ0) is 13.8. The molecule has 8 nitrogen and oxygen atoms in total. The smallest absolute Gasteiger partial charge is 0.317 e. The molecule has 0 saturated carbocycles. The van der Waals surface area contributed by atoms with E-state index in [9.17, 15) is 14.4 Å². The Balaban J connectivity index is 1.72. The predicted molar refractivity (Wildman–Crippen MR) is 65.7 cm³/mol. The molecule has 0 aromatic rings. The number of nitrogens with one attached hydrogen (secondary N) is 2. The SMILES string of the molecule is O=C(O)CCCNC(=O)N1CCN2C(=O)NCC2C1. The van der Waals surface area contributed by atoms with Crippen LogP contribution in [0, 0.1) is 0 Å². The summed E-state index contributed by atoms with van der Waals surface area (Å²) in [5.41, 5.74) is 0. The Morgan fingerprint density at radius 2 is 2.21 bits per heavy atom. The zero-order valence-corrected chi connectivity index (χ0v) is 10.6. The molecule has 1 unspecified atom stereocenters. The van der Waals surface area contributed by atoms with Gasteiger partial charge in [-0.25, -0.2) is 9.59 Å². The van der Waals surface area contributed by atoms with E-state index in [4.69, 9.17) is 5.11 Å². The number of carboxylic acid groups (broad SMARTS) is 1. The lowest BCUT2D eigenvalue weighted by molar-refractivity contribution is -0.137. The lowest BCUT2D eigenvalue weighted by Crippen LogP contribution is -2.56. The van der Waals surface area contributed by atoms with Crippen LogP contribution in [0.25, 0.3) is 0 Å². The standard InChI is InChI=1S/C11H18N4O4/c16-9(17)2-1-3-12-10(18)14-4-5-15-8(7-14)6-13-11(15)19/h8H,1-7H2,(H,12,18)(H,13,19)(H,16,17). The van der Waals surface area contributed by atoms with Crippen LogP contribution < -0.4 is 10.6 Å². The molecule has 3 N–H and O–H groups in total. The second-order valence-electron chi connectivity index (χ2n) is 4.71. The molecule has 4 amide bonds. The van der Waals surface area contributed by atoms with Crippen LogP contribution in [0.15, 0.2) is 0 Å². The Bertz CT molecular complexity index is 387. The van der Waals surface area contributed by atoms with Crippen molar-refractivity contribution < 1.29 is 19.5 Å². The highest BCUT2D eigenvalue weighted by Gasteiger charge is 2.36. The average molecular weight is 270 g/mol. The maximum atomic E-state index is 11.9. The predicted octanol–water partition coefficient (Wildman–Crippen LogP) is -0.730. The minimum Gasteiger partial charge on any atom is -0.481 e. The van der Waals surface area contributed by atoms with Gasteiger partial charge >= 0.3 is 18.0 Å². The molecule has 0 bridgehead atoms. The molecule has 0 aliphatic carbocycles. The highest BCUT2D eigenvalue weighted by molar-refractivity contribution is 5.78. The molecule has 8 heteroatoms. The summed E-state index contributed by atoms with van der Waals surface area (Å²) in [7, 11) is 0. The van der Waals surface area contributed by atoms with Crippen LogP contribution in [0.1, 0.15) is 12.8 Å². The van der Waals surface area contributed by atoms with Crippen LogP contribution in [0.4, 0.5) is 9.59 Å². The normalized spacial score (nSPS) is 21.9.